The number of benzene rings is 2. The zero-order valence-electron chi connectivity index (χ0n) is 12.7. The van der Waals surface area contributed by atoms with Crippen LogP contribution in [-0.2, 0) is 0 Å². The topological polar surface area (TPSA) is 26.3 Å². The van der Waals surface area contributed by atoms with E-state index < -0.39 is 0 Å². The number of carbonyl (C=O) groups is 1. The zero-order chi connectivity index (χ0) is 15.2. The fourth-order valence-electron chi connectivity index (χ4n) is 2.06. The van der Waals surface area contributed by atoms with Gasteiger partial charge in [-0.15, -0.1) is 0 Å². The van der Waals surface area contributed by atoms with Gasteiger partial charge in [-0.3, -0.25) is 4.79 Å². The minimum absolute atomic E-state index is 0.00408. The summed E-state index contributed by atoms with van der Waals surface area (Å²) in [4.78, 5) is 12.2. The average Bonchev–Trinajstić information content (AvgIpc) is 2.49. The molecule has 0 spiro atoms. The minimum atomic E-state index is 0.00408. The van der Waals surface area contributed by atoms with Crippen molar-refractivity contribution in [2.45, 2.75) is 20.8 Å². The van der Waals surface area contributed by atoms with Gasteiger partial charge in [0.25, 0.3) is 0 Å². The summed E-state index contributed by atoms with van der Waals surface area (Å²) in [5.74, 6) is 0.800. The second kappa shape index (κ2) is 6.89. The maximum atomic E-state index is 12.2. The van der Waals surface area contributed by atoms with E-state index >= 15 is 0 Å². The van der Waals surface area contributed by atoms with Crippen LogP contribution >= 0.6 is 0 Å². The molecule has 0 unspecified atom stereocenters. The van der Waals surface area contributed by atoms with Gasteiger partial charge in [-0.05, 0) is 56.2 Å². The van der Waals surface area contributed by atoms with E-state index in [0.29, 0.717) is 12.2 Å². The summed E-state index contributed by atoms with van der Waals surface area (Å²) in [7, 11) is 0. The highest BCUT2D eigenvalue weighted by atomic mass is 16.5. The van der Waals surface area contributed by atoms with Crippen molar-refractivity contribution >= 4 is 11.9 Å². The number of hydrogen-bond acceptors (Lipinski definition) is 2. The largest absolute Gasteiger partial charge is 0.493 e. The molecule has 0 bridgehead atoms. The van der Waals surface area contributed by atoms with Gasteiger partial charge in [-0.1, -0.05) is 30.3 Å². The molecule has 0 N–H and O–H groups in total. The van der Waals surface area contributed by atoms with Crippen LogP contribution in [0.4, 0.5) is 0 Å². The lowest BCUT2D eigenvalue weighted by Gasteiger charge is -2.06. The van der Waals surface area contributed by atoms with Gasteiger partial charge < -0.3 is 4.74 Å². The maximum absolute atomic E-state index is 12.2. The van der Waals surface area contributed by atoms with Crippen LogP contribution in [0.3, 0.4) is 0 Å². The standard InChI is InChI=1S/C19H20O2/c1-4-21-19-8-6-5-7-16(19)11-12-18(20)17-10-9-14(2)15(3)13-17/h5-13H,4H2,1-3H3. The van der Waals surface area contributed by atoms with Crippen molar-refractivity contribution in [3.63, 3.8) is 0 Å². The fourth-order valence-corrected chi connectivity index (χ4v) is 2.06. The van der Waals surface area contributed by atoms with Crippen LogP contribution in [0.15, 0.2) is 48.5 Å². The highest BCUT2D eigenvalue weighted by molar-refractivity contribution is 6.07. The number of ketones is 1. The van der Waals surface area contributed by atoms with Gasteiger partial charge in [-0.2, -0.15) is 0 Å². The molecular weight excluding hydrogens is 260 g/mol. The molecule has 0 fully saturated rings. The molecule has 0 radical (unpaired) electrons. The number of hydrogen-bond donors (Lipinski definition) is 0. The summed E-state index contributed by atoms with van der Waals surface area (Å²) in [6.45, 7) is 6.61. The van der Waals surface area contributed by atoms with E-state index in [-0.39, 0.29) is 5.78 Å². The van der Waals surface area contributed by atoms with Crippen LogP contribution in [-0.4, -0.2) is 12.4 Å². The van der Waals surface area contributed by atoms with Gasteiger partial charge in [-0.25, -0.2) is 0 Å². The number of para-hydroxylation sites is 1. The first-order chi connectivity index (χ1) is 10.1. The van der Waals surface area contributed by atoms with E-state index in [1.54, 1.807) is 6.08 Å². The molecule has 2 heteroatoms. The third kappa shape index (κ3) is 3.82. The number of aryl methyl sites for hydroxylation is 2. The van der Waals surface area contributed by atoms with Gasteiger partial charge in [0.1, 0.15) is 5.75 Å². The van der Waals surface area contributed by atoms with Gasteiger partial charge >= 0.3 is 0 Å². The first-order valence-electron chi connectivity index (χ1n) is 7.13. The van der Waals surface area contributed by atoms with E-state index in [9.17, 15) is 4.79 Å². The Bertz CT molecular complexity index is 669. The van der Waals surface area contributed by atoms with Gasteiger partial charge in [0.05, 0.1) is 6.61 Å². The molecule has 2 nitrogen and oxygen atoms in total. The monoisotopic (exact) mass is 280 g/mol. The van der Waals surface area contributed by atoms with E-state index in [1.165, 1.54) is 5.56 Å². The first kappa shape index (κ1) is 15.0. The predicted molar refractivity (Wildman–Crippen MR) is 86.9 cm³/mol. The molecule has 0 heterocycles. The van der Waals surface area contributed by atoms with Crippen molar-refractivity contribution in [2.24, 2.45) is 0 Å². The summed E-state index contributed by atoms with van der Waals surface area (Å²) < 4.78 is 5.55. The molecule has 0 aliphatic carbocycles. The quantitative estimate of drug-likeness (QED) is 0.591. The second-order valence-electron chi connectivity index (χ2n) is 4.97. The minimum Gasteiger partial charge on any atom is -0.493 e. The van der Waals surface area contributed by atoms with Gasteiger partial charge in [0.2, 0.25) is 0 Å². The Hall–Kier alpha value is -2.35. The molecule has 0 amide bonds. The van der Waals surface area contributed by atoms with Crippen LogP contribution in [0.2, 0.25) is 0 Å². The van der Waals surface area contributed by atoms with Crippen LogP contribution in [0.5, 0.6) is 5.75 Å². The van der Waals surface area contributed by atoms with Crippen molar-refractivity contribution < 1.29 is 9.53 Å². The lowest BCUT2D eigenvalue weighted by molar-refractivity contribution is 0.104. The van der Waals surface area contributed by atoms with Crippen molar-refractivity contribution in [2.75, 3.05) is 6.61 Å². The number of allylic oxidation sites excluding steroid dienone is 1. The second-order valence-corrected chi connectivity index (χ2v) is 4.97. The molecule has 2 rings (SSSR count). The molecule has 0 saturated carbocycles. The molecule has 0 aliphatic rings. The van der Waals surface area contributed by atoms with Gasteiger partial charge in [0.15, 0.2) is 5.78 Å². The lowest BCUT2D eigenvalue weighted by Crippen LogP contribution is -1.97. The van der Waals surface area contributed by atoms with Crippen LogP contribution in [0, 0.1) is 13.8 Å². The molecule has 0 atom stereocenters. The normalized spacial score (nSPS) is 10.8. The predicted octanol–water partition coefficient (Wildman–Crippen LogP) is 4.60. The van der Waals surface area contributed by atoms with Gasteiger partial charge in [0, 0.05) is 11.1 Å². The Balaban J connectivity index is 2.20. The Labute approximate surface area is 126 Å². The van der Waals surface area contributed by atoms with Crippen molar-refractivity contribution in [1.82, 2.24) is 0 Å². The lowest BCUT2D eigenvalue weighted by atomic mass is 10.0. The zero-order valence-corrected chi connectivity index (χ0v) is 12.7. The molecule has 108 valence electrons. The molecule has 0 aromatic heterocycles. The molecule has 2 aromatic rings. The Morgan fingerprint density at radius 2 is 1.86 bits per heavy atom. The molecule has 2 aromatic carbocycles. The third-order valence-electron chi connectivity index (χ3n) is 3.42. The smallest absolute Gasteiger partial charge is 0.185 e. The molecule has 0 aliphatic heterocycles. The highest BCUT2D eigenvalue weighted by Crippen LogP contribution is 2.20. The van der Waals surface area contributed by atoms with Crippen molar-refractivity contribution in [3.8, 4) is 5.75 Å². The summed E-state index contributed by atoms with van der Waals surface area (Å²) in [5, 5.41) is 0. The van der Waals surface area contributed by atoms with Crippen molar-refractivity contribution in [1.29, 1.82) is 0 Å². The SMILES string of the molecule is CCOc1ccccc1C=CC(=O)c1ccc(C)c(C)c1. The Morgan fingerprint density at radius 3 is 2.57 bits per heavy atom. The van der Waals surface area contributed by atoms with Crippen LogP contribution < -0.4 is 4.74 Å². The Kier molecular flexibility index (Phi) is 4.94. The molecule has 21 heavy (non-hydrogen) atoms. The van der Waals surface area contributed by atoms with Crippen molar-refractivity contribution in [3.05, 3.63) is 70.8 Å². The van der Waals surface area contributed by atoms with E-state index in [0.717, 1.165) is 16.9 Å². The summed E-state index contributed by atoms with van der Waals surface area (Å²) in [5.41, 5.74) is 3.95. The van der Waals surface area contributed by atoms with Crippen LogP contribution in [0.25, 0.3) is 6.08 Å². The van der Waals surface area contributed by atoms with E-state index in [4.69, 9.17) is 4.74 Å². The highest BCUT2D eigenvalue weighted by Gasteiger charge is 2.04. The fraction of sp³-hybridized carbons (Fsp3) is 0.211. The maximum Gasteiger partial charge on any atom is 0.185 e. The number of carbonyl (C=O) groups excluding carboxylic acids is 1. The summed E-state index contributed by atoms with van der Waals surface area (Å²) in [6, 6.07) is 13.5. The van der Waals surface area contributed by atoms with E-state index in [1.807, 2.05) is 69.3 Å². The average molecular weight is 280 g/mol. The Morgan fingerprint density at radius 1 is 1.10 bits per heavy atom. The number of ether oxygens (including phenoxy) is 1. The van der Waals surface area contributed by atoms with E-state index in [2.05, 4.69) is 0 Å². The number of rotatable bonds is 5. The third-order valence-corrected chi connectivity index (χ3v) is 3.42. The first-order valence-corrected chi connectivity index (χ1v) is 7.13. The molecule has 0 saturated heterocycles. The summed E-state index contributed by atoms with van der Waals surface area (Å²) in [6.07, 6.45) is 3.41. The van der Waals surface area contributed by atoms with Crippen LogP contribution in [0.1, 0.15) is 34.0 Å². The summed E-state index contributed by atoms with van der Waals surface area (Å²) >= 11 is 0. The molecular formula is C19H20O2.